The van der Waals surface area contributed by atoms with Gasteiger partial charge in [0.1, 0.15) is 11.9 Å². The number of halogens is 1. The minimum atomic E-state index is -0.382. The van der Waals surface area contributed by atoms with E-state index in [2.05, 4.69) is 4.98 Å². The van der Waals surface area contributed by atoms with Gasteiger partial charge in [-0.15, -0.1) is 0 Å². The molecule has 0 aliphatic rings. The number of carbonyl (C=O) groups is 1. The maximum atomic E-state index is 11.1. The van der Waals surface area contributed by atoms with Crippen LogP contribution in [0.15, 0.2) is 42.5 Å². The quantitative estimate of drug-likeness (QED) is 0.888. The van der Waals surface area contributed by atoms with Gasteiger partial charge in [0.05, 0.1) is 5.02 Å². The van der Waals surface area contributed by atoms with Crippen LogP contribution in [0.1, 0.15) is 17.7 Å². The maximum absolute atomic E-state index is 11.1. The number of anilines is 1. The number of hydrogen-bond donors (Lipinski definition) is 1. The largest absolute Gasteiger partial charge is 0.370 e. The number of pyridine rings is 1. The molecule has 5 nitrogen and oxygen atoms in total. The Labute approximate surface area is 133 Å². The zero-order valence-corrected chi connectivity index (χ0v) is 12.6. The smallest absolute Gasteiger partial charge is 0.219 e. The summed E-state index contributed by atoms with van der Waals surface area (Å²) in [4.78, 5) is 17.2. The Kier molecular flexibility index (Phi) is 5.34. The molecule has 2 N–H and O–H groups in total. The monoisotopic (exact) mass is 314 g/mol. The lowest BCUT2D eigenvalue weighted by Gasteiger charge is -2.23. The van der Waals surface area contributed by atoms with Crippen molar-refractivity contribution in [2.24, 2.45) is 5.73 Å². The average molecular weight is 315 g/mol. The third-order valence-electron chi connectivity index (χ3n) is 3.11. The number of aromatic nitrogens is 1. The van der Waals surface area contributed by atoms with Crippen LogP contribution >= 0.6 is 11.6 Å². The molecule has 0 atom stereocenters. The predicted molar refractivity (Wildman–Crippen MR) is 85.3 cm³/mol. The zero-order valence-electron chi connectivity index (χ0n) is 11.9. The summed E-state index contributed by atoms with van der Waals surface area (Å²) in [5, 5.41) is 9.35. The topological polar surface area (TPSA) is 83.0 Å². The minimum Gasteiger partial charge on any atom is -0.370 e. The van der Waals surface area contributed by atoms with Crippen LogP contribution in [0.3, 0.4) is 0 Å². The molecule has 1 heterocycles. The summed E-state index contributed by atoms with van der Waals surface area (Å²) in [5.74, 6) is 0.207. The van der Waals surface area contributed by atoms with Gasteiger partial charge in [-0.3, -0.25) is 4.79 Å². The van der Waals surface area contributed by atoms with Crippen LogP contribution in [0.5, 0.6) is 0 Å². The van der Waals surface area contributed by atoms with E-state index in [1.54, 1.807) is 12.1 Å². The Morgan fingerprint density at radius 3 is 2.64 bits per heavy atom. The van der Waals surface area contributed by atoms with Crippen molar-refractivity contribution in [3.63, 3.8) is 0 Å². The Bertz CT molecular complexity index is 697. The van der Waals surface area contributed by atoms with Gasteiger partial charge in [-0.1, -0.05) is 41.9 Å². The van der Waals surface area contributed by atoms with Crippen molar-refractivity contribution in [2.45, 2.75) is 13.0 Å². The van der Waals surface area contributed by atoms with Gasteiger partial charge >= 0.3 is 0 Å². The first kappa shape index (κ1) is 15.8. The molecule has 0 bridgehead atoms. The molecular weight excluding hydrogens is 300 g/mol. The third kappa shape index (κ3) is 4.21. The fourth-order valence-corrected chi connectivity index (χ4v) is 2.16. The molecule has 2 rings (SSSR count). The van der Waals surface area contributed by atoms with Crippen LogP contribution < -0.4 is 10.6 Å². The highest BCUT2D eigenvalue weighted by Gasteiger charge is 2.12. The van der Waals surface area contributed by atoms with E-state index in [1.807, 2.05) is 41.3 Å². The summed E-state index contributed by atoms with van der Waals surface area (Å²) in [6.07, 6.45) is 0.207. The number of benzene rings is 1. The first-order valence-electron chi connectivity index (χ1n) is 6.74. The standard InChI is InChI=1S/C16H15ClN4O/c17-13-6-7-16(20-14(13)10-18)21(9-8-15(19)22)11-12-4-2-1-3-5-12/h1-7H,8-9,11H2,(H2,19,22). The van der Waals surface area contributed by atoms with Gasteiger partial charge in [-0.2, -0.15) is 5.26 Å². The highest BCUT2D eigenvalue weighted by molar-refractivity contribution is 6.31. The van der Waals surface area contributed by atoms with Gasteiger partial charge in [0.25, 0.3) is 0 Å². The summed E-state index contributed by atoms with van der Waals surface area (Å²) in [6.45, 7) is 0.983. The molecule has 0 unspecified atom stereocenters. The van der Waals surface area contributed by atoms with E-state index in [0.717, 1.165) is 5.56 Å². The number of carbonyl (C=O) groups excluding carboxylic acids is 1. The van der Waals surface area contributed by atoms with Gasteiger partial charge < -0.3 is 10.6 Å². The molecule has 0 aliphatic heterocycles. The van der Waals surface area contributed by atoms with Crippen LogP contribution in [-0.2, 0) is 11.3 Å². The van der Waals surface area contributed by atoms with E-state index in [1.165, 1.54) is 0 Å². The van der Waals surface area contributed by atoms with Crippen LogP contribution in [-0.4, -0.2) is 17.4 Å². The third-order valence-corrected chi connectivity index (χ3v) is 3.41. The Balaban J connectivity index is 2.27. The van der Waals surface area contributed by atoms with Crippen molar-refractivity contribution in [3.05, 3.63) is 58.7 Å². The number of primary amides is 1. The minimum absolute atomic E-state index is 0.163. The van der Waals surface area contributed by atoms with Gasteiger partial charge in [0, 0.05) is 19.5 Å². The normalized spacial score (nSPS) is 10.0. The molecule has 2 aromatic rings. The fourth-order valence-electron chi connectivity index (χ4n) is 2.01. The number of nitrogens with zero attached hydrogens (tertiary/aromatic N) is 3. The SMILES string of the molecule is N#Cc1nc(N(CCC(N)=O)Cc2ccccc2)ccc1Cl. The summed E-state index contributed by atoms with van der Waals surface area (Å²) in [6, 6.07) is 15.1. The lowest BCUT2D eigenvalue weighted by molar-refractivity contribution is -0.117. The second-order valence-electron chi connectivity index (χ2n) is 4.74. The maximum Gasteiger partial charge on any atom is 0.219 e. The molecule has 112 valence electrons. The molecule has 0 saturated heterocycles. The highest BCUT2D eigenvalue weighted by atomic mass is 35.5. The summed E-state index contributed by atoms with van der Waals surface area (Å²) < 4.78 is 0. The number of amides is 1. The van der Waals surface area contributed by atoms with Crippen molar-refractivity contribution in [2.75, 3.05) is 11.4 Å². The van der Waals surface area contributed by atoms with Crippen molar-refractivity contribution >= 4 is 23.3 Å². The lowest BCUT2D eigenvalue weighted by Crippen LogP contribution is -2.28. The molecule has 0 saturated carbocycles. The van der Waals surface area contributed by atoms with E-state index in [4.69, 9.17) is 22.6 Å². The van der Waals surface area contributed by atoms with E-state index in [9.17, 15) is 4.79 Å². The van der Waals surface area contributed by atoms with E-state index in [0.29, 0.717) is 23.9 Å². The first-order chi connectivity index (χ1) is 10.6. The summed E-state index contributed by atoms with van der Waals surface area (Å²) >= 11 is 5.91. The molecule has 0 aliphatic carbocycles. The molecule has 0 radical (unpaired) electrons. The summed E-state index contributed by atoms with van der Waals surface area (Å²) in [5.41, 5.74) is 6.47. The second kappa shape index (κ2) is 7.43. The van der Waals surface area contributed by atoms with Gasteiger partial charge in [-0.25, -0.2) is 4.98 Å². The zero-order chi connectivity index (χ0) is 15.9. The lowest BCUT2D eigenvalue weighted by atomic mass is 10.2. The summed E-state index contributed by atoms with van der Waals surface area (Å²) in [7, 11) is 0. The number of nitriles is 1. The van der Waals surface area contributed by atoms with E-state index in [-0.39, 0.29) is 18.0 Å². The average Bonchev–Trinajstić information content (AvgIpc) is 2.53. The second-order valence-corrected chi connectivity index (χ2v) is 5.14. The molecule has 1 aromatic carbocycles. The van der Waals surface area contributed by atoms with Crippen LogP contribution in [0.25, 0.3) is 0 Å². The van der Waals surface area contributed by atoms with Crippen molar-refractivity contribution < 1.29 is 4.79 Å². The Morgan fingerprint density at radius 2 is 2.00 bits per heavy atom. The van der Waals surface area contributed by atoms with Crippen molar-refractivity contribution in [1.29, 1.82) is 5.26 Å². The molecule has 1 aromatic heterocycles. The van der Waals surface area contributed by atoms with Gasteiger partial charge in [0.15, 0.2) is 5.69 Å². The molecule has 6 heteroatoms. The molecule has 0 spiro atoms. The van der Waals surface area contributed by atoms with Crippen LogP contribution in [0.4, 0.5) is 5.82 Å². The van der Waals surface area contributed by atoms with Gasteiger partial charge in [-0.05, 0) is 17.7 Å². The number of hydrogen-bond acceptors (Lipinski definition) is 4. The Hall–Kier alpha value is -2.58. The van der Waals surface area contributed by atoms with E-state index < -0.39 is 0 Å². The van der Waals surface area contributed by atoms with E-state index >= 15 is 0 Å². The Morgan fingerprint density at radius 1 is 1.27 bits per heavy atom. The molecular formula is C16H15ClN4O. The van der Waals surface area contributed by atoms with Crippen molar-refractivity contribution in [3.8, 4) is 6.07 Å². The molecule has 0 fully saturated rings. The number of nitrogens with two attached hydrogens (primary N) is 1. The number of rotatable bonds is 6. The van der Waals surface area contributed by atoms with Gasteiger partial charge in [0.2, 0.25) is 5.91 Å². The van der Waals surface area contributed by atoms with Crippen molar-refractivity contribution in [1.82, 2.24) is 4.98 Å². The first-order valence-corrected chi connectivity index (χ1v) is 7.12. The predicted octanol–water partition coefficient (Wildman–Crippen LogP) is 2.49. The molecule has 1 amide bonds. The van der Waals surface area contributed by atoms with Crippen LogP contribution in [0, 0.1) is 11.3 Å². The van der Waals surface area contributed by atoms with Crippen LogP contribution in [0.2, 0.25) is 5.02 Å². The molecule has 22 heavy (non-hydrogen) atoms. The fraction of sp³-hybridized carbons (Fsp3) is 0.188. The highest BCUT2D eigenvalue weighted by Crippen LogP contribution is 2.20.